The number of benzene rings is 2. The molecule has 2 aromatic carbocycles. The first kappa shape index (κ1) is 20.6. The van der Waals surface area contributed by atoms with Crippen molar-refractivity contribution in [2.24, 2.45) is 0 Å². The monoisotopic (exact) mass is 406 g/mol. The quantitative estimate of drug-likeness (QED) is 0.621. The van der Waals surface area contributed by atoms with Gasteiger partial charge in [0.05, 0.1) is 17.5 Å². The van der Waals surface area contributed by atoms with Gasteiger partial charge in [0.2, 0.25) is 0 Å². The van der Waals surface area contributed by atoms with Crippen molar-refractivity contribution >= 4 is 40.8 Å². The van der Waals surface area contributed by atoms with Gasteiger partial charge in [-0.3, -0.25) is 4.79 Å². The van der Waals surface area contributed by atoms with Crippen LogP contribution in [0.3, 0.4) is 0 Å². The molecule has 0 aliphatic heterocycles. The SMILES string of the molecule is N#CCCN(C(=O)COC(=O)COc1ccc(Cl)cc1Cl)c1ccccc1. The predicted octanol–water partition coefficient (Wildman–Crippen LogP) is 3.86. The van der Waals surface area contributed by atoms with E-state index in [0.717, 1.165) is 0 Å². The van der Waals surface area contributed by atoms with E-state index in [4.69, 9.17) is 37.9 Å². The zero-order chi connectivity index (χ0) is 19.6. The predicted molar refractivity (Wildman–Crippen MR) is 102 cm³/mol. The van der Waals surface area contributed by atoms with Gasteiger partial charge in [-0.1, -0.05) is 41.4 Å². The van der Waals surface area contributed by atoms with E-state index in [1.807, 2.05) is 12.1 Å². The molecule has 0 bridgehead atoms. The zero-order valence-corrected chi connectivity index (χ0v) is 15.7. The second kappa shape index (κ2) is 10.4. The number of nitriles is 1. The summed E-state index contributed by atoms with van der Waals surface area (Å²) < 4.78 is 10.2. The molecule has 2 rings (SSSR count). The first-order valence-corrected chi connectivity index (χ1v) is 8.72. The minimum absolute atomic E-state index is 0.159. The third-order valence-corrected chi connectivity index (χ3v) is 3.94. The summed E-state index contributed by atoms with van der Waals surface area (Å²) in [5, 5.41) is 9.48. The van der Waals surface area contributed by atoms with Gasteiger partial charge in [0.25, 0.3) is 5.91 Å². The topological polar surface area (TPSA) is 79.6 Å². The van der Waals surface area contributed by atoms with Crippen LogP contribution >= 0.6 is 23.2 Å². The number of anilines is 1. The van der Waals surface area contributed by atoms with E-state index in [2.05, 4.69) is 0 Å². The number of amides is 1. The average molecular weight is 407 g/mol. The van der Waals surface area contributed by atoms with Crippen LogP contribution in [0.4, 0.5) is 5.69 Å². The van der Waals surface area contributed by atoms with Crippen LogP contribution in [-0.2, 0) is 14.3 Å². The summed E-state index contributed by atoms with van der Waals surface area (Å²) in [4.78, 5) is 25.6. The Kier molecular flexibility index (Phi) is 7.93. The number of nitrogens with zero attached hydrogens (tertiary/aromatic N) is 2. The Morgan fingerprint density at radius 1 is 1.07 bits per heavy atom. The van der Waals surface area contributed by atoms with E-state index in [9.17, 15) is 9.59 Å². The maximum atomic E-state index is 12.4. The molecule has 0 saturated carbocycles. The van der Waals surface area contributed by atoms with Crippen molar-refractivity contribution in [2.45, 2.75) is 6.42 Å². The van der Waals surface area contributed by atoms with Crippen LogP contribution in [-0.4, -0.2) is 31.6 Å². The molecule has 8 heteroatoms. The number of hydrogen-bond acceptors (Lipinski definition) is 5. The first-order valence-electron chi connectivity index (χ1n) is 7.97. The number of carbonyl (C=O) groups is 2. The molecule has 0 fully saturated rings. The Bertz CT molecular complexity index is 837. The average Bonchev–Trinajstić information content (AvgIpc) is 2.67. The van der Waals surface area contributed by atoms with Gasteiger partial charge in [0.15, 0.2) is 13.2 Å². The van der Waals surface area contributed by atoms with Gasteiger partial charge in [-0.25, -0.2) is 4.79 Å². The first-order chi connectivity index (χ1) is 13.0. The van der Waals surface area contributed by atoms with E-state index >= 15 is 0 Å². The van der Waals surface area contributed by atoms with Crippen LogP contribution in [0.25, 0.3) is 0 Å². The minimum atomic E-state index is -0.720. The summed E-state index contributed by atoms with van der Waals surface area (Å²) in [6.45, 7) is -0.664. The zero-order valence-electron chi connectivity index (χ0n) is 14.2. The van der Waals surface area contributed by atoms with Gasteiger partial charge < -0.3 is 14.4 Å². The van der Waals surface area contributed by atoms with Crippen molar-refractivity contribution in [3.63, 3.8) is 0 Å². The lowest BCUT2D eigenvalue weighted by molar-refractivity contribution is -0.149. The van der Waals surface area contributed by atoms with Crippen LogP contribution in [0.2, 0.25) is 10.0 Å². The molecule has 6 nitrogen and oxygen atoms in total. The Morgan fingerprint density at radius 2 is 1.81 bits per heavy atom. The van der Waals surface area contributed by atoms with Crippen LogP contribution in [0.5, 0.6) is 5.75 Å². The maximum absolute atomic E-state index is 12.4. The fraction of sp³-hybridized carbons (Fsp3) is 0.211. The lowest BCUT2D eigenvalue weighted by Crippen LogP contribution is -2.36. The highest BCUT2D eigenvalue weighted by Gasteiger charge is 2.17. The highest BCUT2D eigenvalue weighted by atomic mass is 35.5. The van der Waals surface area contributed by atoms with Gasteiger partial charge >= 0.3 is 5.97 Å². The van der Waals surface area contributed by atoms with Gasteiger partial charge in [-0.05, 0) is 30.3 Å². The van der Waals surface area contributed by atoms with Gasteiger partial charge in [0.1, 0.15) is 5.75 Å². The van der Waals surface area contributed by atoms with E-state index in [1.165, 1.54) is 17.0 Å². The van der Waals surface area contributed by atoms with E-state index in [1.54, 1.807) is 30.3 Å². The number of carbonyl (C=O) groups excluding carboxylic acids is 2. The van der Waals surface area contributed by atoms with Crippen molar-refractivity contribution in [1.29, 1.82) is 5.26 Å². The van der Waals surface area contributed by atoms with Crippen molar-refractivity contribution in [2.75, 3.05) is 24.7 Å². The van der Waals surface area contributed by atoms with Gasteiger partial charge in [-0.2, -0.15) is 5.26 Å². The highest BCUT2D eigenvalue weighted by Crippen LogP contribution is 2.27. The van der Waals surface area contributed by atoms with Crippen molar-refractivity contribution in [1.82, 2.24) is 0 Å². The fourth-order valence-corrected chi connectivity index (χ4v) is 2.62. The lowest BCUT2D eigenvalue weighted by atomic mass is 10.2. The Morgan fingerprint density at radius 3 is 2.48 bits per heavy atom. The van der Waals surface area contributed by atoms with Crippen molar-refractivity contribution < 1.29 is 19.1 Å². The van der Waals surface area contributed by atoms with Crippen LogP contribution < -0.4 is 9.64 Å². The van der Waals surface area contributed by atoms with Crippen LogP contribution in [0, 0.1) is 11.3 Å². The van der Waals surface area contributed by atoms with Crippen LogP contribution in [0.1, 0.15) is 6.42 Å². The standard InChI is InChI=1S/C19H16Cl2N2O4/c20-14-7-8-17(16(21)11-14)26-13-19(25)27-12-18(24)23(10-4-9-22)15-5-2-1-3-6-15/h1-3,5-8,11H,4,10,12-13H2. The van der Waals surface area contributed by atoms with E-state index < -0.39 is 25.1 Å². The molecule has 0 aromatic heterocycles. The maximum Gasteiger partial charge on any atom is 0.344 e. The number of ether oxygens (including phenoxy) is 2. The highest BCUT2D eigenvalue weighted by molar-refractivity contribution is 6.35. The van der Waals surface area contributed by atoms with Crippen molar-refractivity contribution in [3.05, 3.63) is 58.6 Å². The summed E-state index contributed by atoms with van der Waals surface area (Å²) in [7, 11) is 0. The van der Waals surface area contributed by atoms with Crippen molar-refractivity contribution in [3.8, 4) is 11.8 Å². The van der Waals surface area contributed by atoms with Crippen LogP contribution in [0.15, 0.2) is 48.5 Å². The molecule has 0 spiro atoms. The normalized spacial score (nSPS) is 9.96. The second-order valence-corrected chi connectivity index (χ2v) is 6.16. The summed E-state index contributed by atoms with van der Waals surface area (Å²) in [6.07, 6.45) is 0.159. The fourth-order valence-electron chi connectivity index (χ4n) is 2.16. The molecule has 0 radical (unpaired) electrons. The molecule has 0 heterocycles. The molecule has 0 aliphatic rings. The molecule has 0 atom stereocenters. The van der Waals surface area contributed by atoms with E-state index in [-0.39, 0.29) is 23.7 Å². The number of para-hydroxylation sites is 1. The largest absolute Gasteiger partial charge is 0.480 e. The molecule has 0 saturated heterocycles. The third-order valence-electron chi connectivity index (χ3n) is 3.41. The number of esters is 1. The third kappa shape index (κ3) is 6.48. The van der Waals surface area contributed by atoms with E-state index in [0.29, 0.717) is 10.7 Å². The molecule has 0 aliphatic carbocycles. The molecular formula is C19H16Cl2N2O4. The number of hydrogen-bond donors (Lipinski definition) is 0. The summed E-state index contributed by atoms with van der Waals surface area (Å²) in [6, 6.07) is 15.4. The molecule has 0 unspecified atom stereocenters. The number of rotatable bonds is 8. The molecular weight excluding hydrogens is 391 g/mol. The second-order valence-electron chi connectivity index (χ2n) is 5.31. The Hall–Kier alpha value is -2.75. The summed E-state index contributed by atoms with van der Waals surface area (Å²) in [5.41, 5.74) is 0.623. The Labute approximate surface area is 166 Å². The van der Waals surface area contributed by atoms with Gasteiger partial charge in [-0.15, -0.1) is 0 Å². The Balaban J connectivity index is 1.88. The molecule has 140 valence electrons. The summed E-state index contributed by atoms with van der Waals surface area (Å²) in [5.74, 6) is -0.874. The molecule has 1 amide bonds. The van der Waals surface area contributed by atoms with Gasteiger partial charge in [0, 0.05) is 17.3 Å². The molecule has 2 aromatic rings. The number of halogens is 2. The molecule has 27 heavy (non-hydrogen) atoms. The smallest absolute Gasteiger partial charge is 0.344 e. The minimum Gasteiger partial charge on any atom is -0.480 e. The molecule has 0 N–H and O–H groups in total. The summed E-state index contributed by atoms with van der Waals surface area (Å²) >= 11 is 11.7. The lowest BCUT2D eigenvalue weighted by Gasteiger charge is -2.21.